The van der Waals surface area contributed by atoms with Crippen molar-refractivity contribution in [1.29, 1.82) is 0 Å². The third-order valence-corrected chi connectivity index (χ3v) is 0.896. The summed E-state index contributed by atoms with van der Waals surface area (Å²) in [6, 6.07) is 0. The van der Waals surface area contributed by atoms with Crippen LogP contribution < -0.4 is 0 Å². The smallest absolute Gasteiger partial charge is 0.261 e. The summed E-state index contributed by atoms with van der Waals surface area (Å²) in [4.78, 5) is 0. The van der Waals surface area contributed by atoms with Crippen molar-refractivity contribution < 1.29 is 25.2 Å². The summed E-state index contributed by atoms with van der Waals surface area (Å²) >= 11 is 0. The van der Waals surface area contributed by atoms with E-state index in [4.69, 9.17) is 20.4 Å². The van der Waals surface area contributed by atoms with Crippen LogP contribution in [0.25, 0.3) is 0 Å². The Hall–Kier alpha value is -0.200. The van der Waals surface area contributed by atoms with Gasteiger partial charge in [0.15, 0.2) is 24.9 Å². The van der Waals surface area contributed by atoms with Crippen molar-refractivity contribution in [3.05, 3.63) is 31.2 Å². The first kappa shape index (κ1) is 7.90. The van der Waals surface area contributed by atoms with Crippen molar-refractivity contribution in [2.24, 2.45) is 0 Å². The van der Waals surface area contributed by atoms with E-state index in [0.29, 0.717) is 0 Å². The van der Waals surface area contributed by atoms with Gasteiger partial charge in [0, 0.05) is 0 Å². The molecule has 1 fully saturated rings. The van der Waals surface area contributed by atoms with Crippen molar-refractivity contribution in [1.82, 2.24) is 0 Å². The lowest BCUT2D eigenvalue weighted by Crippen LogP contribution is -2.30. The van der Waals surface area contributed by atoms with E-state index in [1.807, 2.05) is 0 Å². The van der Waals surface area contributed by atoms with Crippen molar-refractivity contribution >= 4 is 0 Å². The van der Waals surface area contributed by atoms with E-state index in [1.54, 1.807) is 6.61 Å². The molecule has 10 heavy (non-hydrogen) atoms. The Kier molecular flexibility index (Phi) is 2.22. The molecule has 0 bridgehead atoms. The predicted octanol–water partition coefficient (Wildman–Crippen LogP) is -0.369. The van der Waals surface area contributed by atoms with Gasteiger partial charge >= 0.3 is 0 Å². The Bertz CT molecular complexity index is 103. The molecule has 0 aliphatic carbocycles. The van der Waals surface area contributed by atoms with Crippen LogP contribution in [0, 0.1) is 31.2 Å². The average Bonchev–Trinajstić information content (AvgIpc) is 1.93. The van der Waals surface area contributed by atoms with E-state index in [2.05, 4.69) is 4.74 Å². The molecule has 5 nitrogen and oxygen atoms in total. The van der Waals surface area contributed by atoms with Gasteiger partial charge in [0.05, 0.1) is 0 Å². The van der Waals surface area contributed by atoms with Crippen molar-refractivity contribution in [2.45, 2.75) is 0 Å². The molecular weight excluding hydrogens is 145 g/mol. The van der Waals surface area contributed by atoms with E-state index in [-0.39, 0.29) is 0 Å². The Labute approximate surface area is 57.5 Å². The van der Waals surface area contributed by atoms with E-state index in [9.17, 15) is 0 Å². The molecule has 54 valence electrons. The van der Waals surface area contributed by atoms with Gasteiger partial charge in [0.2, 0.25) is 0 Å². The Morgan fingerprint density at radius 1 is 1.00 bits per heavy atom. The minimum absolute atomic E-state index is 0.754. The fourth-order valence-corrected chi connectivity index (χ4v) is 0.407. The first-order chi connectivity index (χ1) is 4.63. The zero-order valence-electron chi connectivity index (χ0n) is 4.70. The molecule has 5 heteroatoms. The fraction of sp³-hybridized carbons (Fsp3) is 0. The van der Waals surface area contributed by atoms with Crippen molar-refractivity contribution in [2.75, 3.05) is 0 Å². The topological polar surface area (TPSA) is 90.2 Å². The molecule has 0 aromatic heterocycles. The Balaban J connectivity index is 2.52. The maximum atomic E-state index is 8.64. The molecule has 1 aliphatic heterocycles. The Morgan fingerprint density at radius 2 is 1.60 bits per heavy atom. The average molecular weight is 149 g/mol. The molecule has 0 saturated carbocycles. The zero-order chi connectivity index (χ0) is 7.72. The quantitative estimate of drug-likeness (QED) is 0.353. The highest BCUT2D eigenvalue weighted by molar-refractivity contribution is 5.28. The molecule has 1 aliphatic rings. The molecule has 0 amide bonds. The van der Waals surface area contributed by atoms with Crippen LogP contribution in [-0.4, -0.2) is 20.4 Å². The second kappa shape index (κ2) is 2.81. The molecule has 0 unspecified atom stereocenters. The standard InChI is InChI=1S/C5H4O5/c6-2-1-10-5(9)4(8)3(2)7/h6-9H/i1+1,2+1,3+1,4+1,5+1. The highest BCUT2D eigenvalue weighted by atomic mass is 16.8. The van der Waals surface area contributed by atoms with Gasteiger partial charge in [-0.2, -0.15) is 0 Å². The lowest BCUT2D eigenvalue weighted by Gasteiger charge is -2.26. The van der Waals surface area contributed by atoms with Crippen molar-refractivity contribution in [3.8, 4) is 0 Å². The molecule has 4 N–H and O–H groups in total. The normalized spacial score (nSPS) is 27.6. The number of hydrogen-bond acceptors (Lipinski definition) is 5. The monoisotopic (exact) mass is 149 g/mol. The van der Waals surface area contributed by atoms with E-state index in [1.165, 1.54) is 0 Å². The molecule has 0 aromatic rings. The SMILES string of the molecule is O[13C]1[13C]O[13C](O)[13C](O)[13C]1O. The van der Waals surface area contributed by atoms with Gasteiger partial charge in [0.25, 0.3) is 6.29 Å². The summed E-state index contributed by atoms with van der Waals surface area (Å²) in [6.45, 7) is 1.73. The van der Waals surface area contributed by atoms with Gasteiger partial charge in [-0.1, -0.05) is 0 Å². The summed E-state index contributed by atoms with van der Waals surface area (Å²) in [5.41, 5.74) is 0. The third kappa shape index (κ3) is 1.28. The van der Waals surface area contributed by atoms with E-state index in [0.717, 1.165) is 0 Å². The molecule has 1 saturated heterocycles. The first-order valence-electron chi connectivity index (χ1n) is 2.30. The number of rotatable bonds is 0. The lowest BCUT2D eigenvalue weighted by molar-refractivity contribution is -0.0504. The molecule has 1 rings (SSSR count). The second-order valence-electron chi connectivity index (χ2n) is 1.56. The summed E-state index contributed by atoms with van der Waals surface area (Å²) in [7, 11) is 0. The van der Waals surface area contributed by atoms with Crippen LogP contribution in [-0.2, 0) is 4.74 Å². The maximum Gasteiger partial charge on any atom is 0.261 e. The molecule has 0 atom stereocenters. The van der Waals surface area contributed by atoms with Crippen LogP contribution in [0.1, 0.15) is 0 Å². The highest BCUT2D eigenvalue weighted by Crippen LogP contribution is 2.35. The summed E-state index contributed by atoms with van der Waals surface area (Å²) in [5, 5.41) is 34.3. The summed E-state index contributed by atoms with van der Waals surface area (Å²) < 4.78 is 4.04. The van der Waals surface area contributed by atoms with Crippen LogP contribution in [0.5, 0.6) is 0 Å². The second-order valence-corrected chi connectivity index (χ2v) is 1.56. The molecule has 6 radical (unpaired) electrons. The summed E-state index contributed by atoms with van der Waals surface area (Å²) in [6.07, 6.45) is -3.41. The first-order valence-corrected chi connectivity index (χ1v) is 2.30. The molecule has 0 spiro atoms. The van der Waals surface area contributed by atoms with Crippen LogP contribution in [0.2, 0.25) is 0 Å². The van der Waals surface area contributed by atoms with Gasteiger partial charge in [0.1, 0.15) is 0 Å². The molecule has 0 aromatic carbocycles. The number of aliphatic hydroxyl groups excluding tert-OH is 4. The molecular formula is C5H4O5. The van der Waals surface area contributed by atoms with Gasteiger partial charge in [-0.05, 0) is 0 Å². The highest BCUT2D eigenvalue weighted by Gasteiger charge is 2.42. The number of aliphatic hydroxyl groups is 4. The fourth-order valence-electron chi connectivity index (χ4n) is 0.407. The van der Waals surface area contributed by atoms with Crippen LogP contribution in [0.3, 0.4) is 0 Å². The van der Waals surface area contributed by atoms with Gasteiger partial charge in [-0.3, -0.25) is 0 Å². The number of ether oxygens (including phenoxy) is 1. The van der Waals surface area contributed by atoms with Crippen LogP contribution in [0.15, 0.2) is 0 Å². The minimum Gasteiger partial charge on any atom is -0.380 e. The van der Waals surface area contributed by atoms with E-state index < -0.39 is 24.6 Å². The van der Waals surface area contributed by atoms with Gasteiger partial charge in [-0.15, -0.1) is 0 Å². The van der Waals surface area contributed by atoms with Crippen LogP contribution in [0.4, 0.5) is 0 Å². The van der Waals surface area contributed by atoms with Gasteiger partial charge < -0.3 is 25.2 Å². The summed E-state index contributed by atoms with van der Waals surface area (Å²) in [5.74, 6) is 0. The van der Waals surface area contributed by atoms with Gasteiger partial charge in [-0.25, -0.2) is 0 Å². The molecule has 1 heterocycles. The zero-order valence-corrected chi connectivity index (χ0v) is 4.70. The lowest BCUT2D eigenvalue weighted by atomic mass is 11.0. The predicted molar refractivity (Wildman–Crippen MR) is 25.0 cm³/mol. The third-order valence-electron chi connectivity index (χ3n) is 0.896. The van der Waals surface area contributed by atoms with E-state index >= 15 is 0 Å². The number of hydrogen-bond donors (Lipinski definition) is 4. The van der Waals surface area contributed by atoms with Crippen molar-refractivity contribution in [3.63, 3.8) is 0 Å². The maximum absolute atomic E-state index is 8.64. The Morgan fingerprint density at radius 3 is 2.10 bits per heavy atom. The minimum atomic E-state index is -0.906. The largest absolute Gasteiger partial charge is 0.380 e. The van der Waals surface area contributed by atoms with Crippen LogP contribution >= 0.6 is 0 Å².